The maximum atomic E-state index is 11.3. The molecule has 3 saturated carbocycles. The second kappa shape index (κ2) is 4.05. The van der Waals surface area contributed by atoms with E-state index < -0.39 is 5.97 Å². The second-order valence-electron chi connectivity index (χ2n) is 6.15. The molecule has 0 amide bonds. The molecule has 0 saturated heterocycles. The van der Waals surface area contributed by atoms with Crippen LogP contribution in [0.2, 0.25) is 0 Å². The molecule has 3 aliphatic rings. The van der Waals surface area contributed by atoms with Crippen LogP contribution in [0.3, 0.4) is 0 Å². The van der Waals surface area contributed by atoms with Gasteiger partial charge in [0, 0.05) is 0 Å². The van der Waals surface area contributed by atoms with Crippen LogP contribution < -0.4 is 0 Å². The molecule has 0 heterocycles. The lowest BCUT2D eigenvalue weighted by molar-refractivity contribution is -0.150. The Kier molecular flexibility index (Phi) is 2.68. The van der Waals surface area contributed by atoms with Crippen molar-refractivity contribution in [3.63, 3.8) is 0 Å². The molecule has 0 radical (unpaired) electrons. The molecule has 0 bridgehead atoms. The van der Waals surface area contributed by atoms with E-state index in [1.165, 1.54) is 44.9 Å². The zero-order valence-electron chi connectivity index (χ0n) is 9.90. The van der Waals surface area contributed by atoms with E-state index in [-0.39, 0.29) is 5.92 Å². The molecule has 2 heteroatoms. The van der Waals surface area contributed by atoms with Gasteiger partial charge in [-0.25, -0.2) is 0 Å². The van der Waals surface area contributed by atoms with Gasteiger partial charge in [-0.3, -0.25) is 4.79 Å². The van der Waals surface area contributed by atoms with Crippen molar-refractivity contribution in [2.75, 3.05) is 0 Å². The number of rotatable bonds is 1. The molecule has 16 heavy (non-hydrogen) atoms. The number of carboxylic acid groups (broad SMARTS) is 1. The fourth-order valence-corrected chi connectivity index (χ4v) is 4.98. The van der Waals surface area contributed by atoms with Gasteiger partial charge < -0.3 is 5.11 Å². The van der Waals surface area contributed by atoms with E-state index >= 15 is 0 Å². The molecular formula is C14H22O2. The highest BCUT2D eigenvalue weighted by atomic mass is 16.4. The predicted octanol–water partition coefficient (Wildman–Crippen LogP) is 3.31. The van der Waals surface area contributed by atoms with Gasteiger partial charge in [0.05, 0.1) is 5.92 Å². The van der Waals surface area contributed by atoms with Gasteiger partial charge in [-0.2, -0.15) is 0 Å². The molecule has 0 aromatic rings. The molecule has 0 aromatic carbocycles. The van der Waals surface area contributed by atoms with Crippen molar-refractivity contribution >= 4 is 5.97 Å². The van der Waals surface area contributed by atoms with Crippen molar-refractivity contribution in [3.05, 3.63) is 0 Å². The molecule has 0 spiro atoms. The first-order chi connectivity index (χ1) is 7.77. The van der Waals surface area contributed by atoms with Crippen LogP contribution in [0.25, 0.3) is 0 Å². The first-order valence-electron chi connectivity index (χ1n) is 7.00. The number of carbonyl (C=O) groups is 1. The molecule has 3 rings (SSSR count). The van der Waals surface area contributed by atoms with E-state index in [1.807, 2.05) is 0 Å². The van der Waals surface area contributed by atoms with Crippen LogP contribution in [0.5, 0.6) is 0 Å². The lowest BCUT2D eigenvalue weighted by atomic mass is 9.53. The zero-order valence-corrected chi connectivity index (χ0v) is 9.90. The minimum Gasteiger partial charge on any atom is -0.481 e. The maximum absolute atomic E-state index is 11.3. The molecular weight excluding hydrogens is 200 g/mol. The molecule has 3 fully saturated rings. The minimum atomic E-state index is -0.519. The SMILES string of the molecule is O=C(O)C1CCC2CCCC3CCCC1C32. The van der Waals surface area contributed by atoms with Crippen LogP contribution in [0, 0.1) is 29.6 Å². The Labute approximate surface area is 97.4 Å². The van der Waals surface area contributed by atoms with Crippen LogP contribution in [0.15, 0.2) is 0 Å². The Morgan fingerprint density at radius 3 is 2.19 bits per heavy atom. The van der Waals surface area contributed by atoms with E-state index in [2.05, 4.69) is 0 Å². The van der Waals surface area contributed by atoms with Crippen LogP contribution >= 0.6 is 0 Å². The van der Waals surface area contributed by atoms with E-state index in [4.69, 9.17) is 0 Å². The zero-order chi connectivity index (χ0) is 11.1. The fraction of sp³-hybridized carbons (Fsp3) is 0.929. The molecule has 3 aliphatic carbocycles. The maximum Gasteiger partial charge on any atom is 0.306 e. The minimum absolute atomic E-state index is 0.0119. The number of hydrogen-bond acceptors (Lipinski definition) is 1. The summed E-state index contributed by atoms with van der Waals surface area (Å²) in [5, 5.41) is 9.34. The predicted molar refractivity (Wildman–Crippen MR) is 62.0 cm³/mol. The quantitative estimate of drug-likeness (QED) is 0.739. The lowest BCUT2D eigenvalue weighted by Gasteiger charge is -2.51. The van der Waals surface area contributed by atoms with Crippen LogP contribution in [0.4, 0.5) is 0 Å². The monoisotopic (exact) mass is 222 g/mol. The Balaban J connectivity index is 1.85. The highest BCUT2D eigenvalue weighted by Crippen LogP contribution is 2.54. The van der Waals surface area contributed by atoms with E-state index in [1.54, 1.807) is 0 Å². The third kappa shape index (κ3) is 1.57. The van der Waals surface area contributed by atoms with Gasteiger partial charge in [-0.15, -0.1) is 0 Å². The Morgan fingerprint density at radius 2 is 1.50 bits per heavy atom. The van der Waals surface area contributed by atoms with E-state index in [0.29, 0.717) is 5.92 Å². The Morgan fingerprint density at radius 1 is 0.875 bits per heavy atom. The Bertz CT molecular complexity index is 278. The summed E-state index contributed by atoms with van der Waals surface area (Å²) in [4.78, 5) is 11.3. The second-order valence-corrected chi connectivity index (χ2v) is 6.15. The summed E-state index contributed by atoms with van der Waals surface area (Å²) in [6.45, 7) is 0. The molecule has 90 valence electrons. The van der Waals surface area contributed by atoms with Crippen LogP contribution in [0.1, 0.15) is 51.4 Å². The van der Waals surface area contributed by atoms with Gasteiger partial charge in [-0.1, -0.05) is 32.1 Å². The van der Waals surface area contributed by atoms with Gasteiger partial charge in [0.15, 0.2) is 0 Å². The summed E-state index contributed by atoms with van der Waals surface area (Å²) >= 11 is 0. The highest BCUT2D eigenvalue weighted by Gasteiger charge is 2.48. The molecule has 1 N–H and O–H groups in total. The van der Waals surface area contributed by atoms with Crippen molar-refractivity contribution in [2.24, 2.45) is 29.6 Å². The van der Waals surface area contributed by atoms with E-state index in [9.17, 15) is 9.90 Å². The average Bonchev–Trinajstić information content (AvgIpc) is 2.30. The van der Waals surface area contributed by atoms with Gasteiger partial charge in [-0.05, 0) is 42.9 Å². The molecule has 2 nitrogen and oxygen atoms in total. The third-order valence-electron chi connectivity index (χ3n) is 5.53. The summed E-state index contributed by atoms with van der Waals surface area (Å²) in [7, 11) is 0. The van der Waals surface area contributed by atoms with Gasteiger partial charge in [0.1, 0.15) is 0 Å². The first-order valence-corrected chi connectivity index (χ1v) is 7.00. The van der Waals surface area contributed by atoms with Crippen molar-refractivity contribution in [3.8, 4) is 0 Å². The fourth-order valence-electron chi connectivity index (χ4n) is 4.98. The topological polar surface area (TPSA) is 37.3 Å². The normalized spacial score (nSPS) is 47.1. The average molecular weight is 222 g/mol. The summed E-state index contributed by atoms with van der Waals surface area (Å²) in [6, 6.07) is 0. The van der Waals surface area contributed by atoms with Crippen molar-refractivity contribution in [1.82, 2.24) is 0 Å². The smallest absolute Gasteiger partial charge is 0.306 e. The highest BCUT2D eigenvalue weighted by molar-refractivity contribution is 5.70. The van der Waals surface area contributed by atoms with Crippen molar-refractivity contribution in [1.29, 1.82) is 0 Å². The summed E-state index contributed by atoms with van der Waals surface area (Å²) in [5.74, 6) is 2.52. The molecule has 5 atom stereocenters. The third-order valence-corrected chi connectivity index (χ3v) is 5.53. The van der Waals surface area contributed by atoms with E-state index in [0.717, 1.165) is 24.2 Å². The van der Waals surface area contributed by atoms with Crippen LogP contribution in [-0.4, -0.2) is 11.1 Å². The molecule has 0 aliphatic heterocycles. The standard InChI is InChI=1S/C14H22O2/c15-14(16)12-8-7-10-4-1-3-9-5-2-6-11(12)13(9)10/h9-13H,1-8H2,(H,15,16). The van der Waals surface area contributed by atoms with Crippen LogP contribution in [-0.2, 0) is 4.79 Å². The first kappa shape index (κ1) is 10.6. The largest absolute Gasteiger partial charge is 0.481 e. The summed E-state index contributed by atoms with van der Waals surface area (Å²) in [6.07, 6.45) is 10.1. The van der Waals surface area contributed by atoms with Crippen molar-refractivity contribution < 1.29 is 9.90 Å². The summed E-state index contributed by atoms with van der Waals surface area (Å²) in [5.41, 5.74) is 0. The number of hydrogen-bond donors (Lipinski definition) is 1. The van der Waals surface area contributed by atoms with Gasteiger partial charge in [0.2, 0.25) is 0 Å². The number of carboxylic acids is 1. The Hall–Kier alpha value is -0.530. The summed E-state index contributed by atoms with van der Waals surface area (Å²) < 4.78 is 0. The molecule has 0 aromatic heterocycles. The van der Waals surface area contributed by atoms with Crippen molar-refractivity contribution in [2.45, 2.75) is 51.4 Å². The lowest BCUT2D eigenvalue weighted by Crippen LogP contribution is -2.46. The number of aliphatic carboxylic acids is 1. The van der Waals surface area contributed by atoms with Gasteiger partial charge >= 0.3 is 5.97 Å². The molecule has 5 unspecified atom stereocenters. The van der Waals surface area contributed by atoms with Gasteiger partial charge in [0.25, 0.3) is 0 Å².